The van der Waals surface area contributed by atoms with Crippen LogP contribution < -0.4 is 5.32 Å². The molecule has 1 rings (SSSR count). The minimum Gasteiger partial charge on any atom is -0.468 e. The Kier molecular flexibility index (Phi) is 5.47. The van der Waals surface area contributed by atoms with E-state index in [0.717, 1.165) is 5.75 Å². The molecule has 3 atom stereocenters. The van der Waals surface area contributed by atoms with Crippen molar-refractivity contribution in [2.75, 3.05) is 12.9 Å². The van der Waals surface area contributed by atoms with Crippen LogP contribution in [-0.2, 0) is 9.53 Å². The number of thioether (sulfide) groups is 1. The summed E-state index contributed by atoms with van der Waals surface area (Å²) in [5.41, 5.74) is 0. The molecule has 0 bridgehead atoms. The van der Waals surface area contributed by atoms with Gasteiger partial charge in [-0.2, -0.15) is 11.8 Å². The maximum Gasteiger partial charge on any atom is 0.322 e. The van der Waals surface area contributed by atoms with Crippen molar-refractivity contribution in [3.05, 3.63) is 0 Å². The number of hydrogen-bond donors (Lipinski definition) is 1. The van der Waals surface area contributed by atoms with Crippen LogP contribution in [0.5, 0.6) is 0 Å². The second-order valence-corrected chi connectivity index (χ2v) is 5.46. The molecule has 0 aromatic rings. The van der Waals surface area contributed by atoms with Gasteiger partial charge in [-0.25, -0.2) is 0 Å². The first-order valence-electron chi connectivity index (χ1n) is 5.64. The minimum absolute atomic E-state index is 0.165. The summed E-state index contributed by atoms with van der Waals surface area (Å²) >= 11 is 1.99. The Morgan fingerprint density at radius 3 is 2.93 bits per heavy atom. The lowest BCUT2D eigenvalue weighted by Gasteiger charge is -2.23. The van der Waals surface area contributed by atoms with Gasteiger partial charge in [0.1, 0.15) is 6.04 Å². The van der Waals surface area contributed by atoms with Crippen LogP contribution in [0.4, 0.5) is 0 Å². The van der Waals surface area contributed by atoms with E-state index in [0.29, 0.717) is 11.3 Å². The number of carbonyl (C=O) groups is 1. The average Bonchev–Trinajstić information content (AvgIpc) is 2.65. The van der Waals surface area contributed by atoms with E-state index in [4.69, 9.17) is 4.74 Å². The summed E-state index contributed by atoms with van der Waals surface area (Å²) in [6, 6.07) is 0.294. The van der Waals surface area contributed by atoms with E-state index < -0.39 is 0 Å². The van der Waals surface area contributed by atoms with Gasteiger partial charge >= 0.3 is 5.97 Å². The van der Waals surface area contributed by atoms with Crippen LogP contribution in [0.25, 0.3) is 0 Å². The van der Waals surface area contributed by atoms with E-state index in [2.05, 4.69) is 12.2 Å². The molecule has 0 saturated heterocycles. The molecule has 0 radical (unpaired) electrons. The zero-order chi connectivity index (χ0) is 11.3. The number of ether oxygens (including phenoxy) is 1. The first-order valence-corrected chi connectivity index (χ1v) is 6.69. The maximum atomic E-state index is 11.3. The Bertz CT molecular complexity index is 211. The molecule has 1 fully saturated rings. The fraction of sp³-hybridized carbons (Fsp3) is 0.909. The lowest BCUT2D eigenvalue weighted by Crippen LogP contribution is -2.44. The van der Waals surface area contributed by atoms with Crippen molar-refractivity contribution in [2.24, 2.45) is 0 Å². The molecule has 0 amide bonds. The van der Waals surface area contributed by atoms with E-state index in [1.807, 2.05) is 18.7 Å². The number of carbonyl (C=O) groups excluding carboxylic acids is 1. The van der Waals surface area contributed by atoms with Gasteiger partial charge < -0.3 is 10.1 Å². The Balaban J connectivity index is 2.39. The number of rotatable bonds is 5. The Labute approximate surface area is 96.3 Å². The van der Waals surface area contributed by atoms with Gasteiger partial charge in [0.25, 0.3) is 0 Å². The molecule has 0 spiro atoms. The Morgan fingerprint density at radius 1 is 1.60 bits per heavy atom. The monoisotopic (exact) mass is 231 g/mol. The minimum atomic E-state index is -0.182. The lowest BCUT2D eigenvalue weighted by molar-refractivity contribution is -0.142. The van der Waals surface area contributed by atoms with Crippen LogP contribution in [0.3, 0.4) is 0 Å². The average molecular weight is 231 g/mol. The highest BCUT2D eigenvalue weighted by Gasteiger charge is 2.29. The molecule has 0 aliphatic heterocycles. The summed E-state index contributed by atoms with van der Waals surface area (Å²) < 4.78 is 4.71. The van der Waals surface area contributed by atoms with Crippen molar-refractivity contribution in [2.45, 2.75) is 50.4 Å². The van der Waals surface area contributed by atoms with Crippen LogP contribution in [0.15, 0.2) is 0 Å². The second kappa shape index (κ2) is 6.38. The van der Waals surface area contributed by atoms with E-state index in [-0.39, 0.29) is 12.0 Å². The Morgan fingerprint density at radius 2 is 2.33 bits per heavy atom. The molecule has 3 nitrogen and oxygen atoms in total. The van der Waals surface area contributed by atoms with Gasteiger partial charge in [0.05, 0.1) is 7.11 Å². The highest BCUT2D eigenvalue weighted by atomic mass is 32.2. The van der Waals surface area contributed by atoms with Gasteiger partial charge in [0.2, 0.25) is 0 Å². The fourth-order valence-electron chi connectivity index (χ4n) is 2.10. The molecule has 0 heterocycles. The summed E-state index contributed by atoms with van der Waals surface area (Å²) in [7, 11) is 1.44. The van der Waals surface area contributed by atoms with Gasteiger partial charge in [-0.1, -0.05) is 13.3 Å². The van der Waals surface area contributed by atoms with Crippen molar-refractivity contribution in [1.29, 1.82) is 0 Å². The van der Waals surface area contributed by atoms with Gasteiger partial charge in [-0.15, -0.1) is 0 Å². The molecule has 88 valence electrons. The highest BCUT2D eigenvalue weighted by molar-refractivity contribution is 7.99. The molecule has 4 heteroatoms. The summed E-state index contributed by atoms with van der Waals surface area (Å²) in [5, 5.41) is 4.04. The Hall–Kier alpha value is -0.220. The molecule has 0 aromatic carbocycles. The van der Waals surface area contributed by atoms with E-state index in [9.17, 15) is 4.79 Å². The van der Waals surface area contributed by atoms with Crippen molar-refractivity contribution in [3.8, 4) is 0 Å². The first-order chi connectivity index (χ1) is 7.19. The highest BCUT2D eigenvalue weighted by Crippen LogP contribution is 2.30. The summed E-state index contributed by atoms with van der Waals surface area (Å²) in [5.74, 6) is 0.984. The van der Waals surface area contributed by atoms with Crippen molar-refractivity contribution in [3.63, 3.8) is 0 Å². The molecule has 1 aliphatic carbocycles. The van der Waals surface area contributed by atoms with Crippen molar-refractivity contribution >= 4 is 17.7 Å². The van der Waals surface area contributed by atoms with Crippen LogP contribution in [0.1, 0.15) is 33.1 Å². The molecule has 1 aliphatic rings. The van der Waals surface area contributed by atoms with Crippen LogP contribution in [0.2, 0.25) is 0 Å². The zero-order valence-electron chi connectivity index (χ0n) is 9.79. The molecule has 1 N–H and O–H groups in total. The lowest BCUT2D eigenvalue weighted by atomic mass is 10.2. The smallest absolute Gasteiger partial charge is 0.322 e. The van der Waals surface area contributed by atoms with Gasteiger partial charge in [0, 0.05) is 11.3 Å². The predicted octanol–water partition coefficient (Wildman–Crippen LogP) is 1.81. The molecule has 3 unspecified atom stereocenters. The number of esters is 1. The first kappa shape index (κ1) is 12.8. The van der Waals surface area contributed by atoms with Crippen LogP contribution >= 0.6 is 11.8 Å². The molecule has 15 heavy (non-hydrogen) atoms. The van der Waals surface area contributed by atoms with E-state index in [1.54, 1.807) is 0 Å². The second-order valence-electron chi connectivity index (χ2n) is 3.94. The topological polar surface area (TPSA) is 38.3 Å². The number of nitrogens with one attached hydrogen (secondary N) is 1. The molecule has 0 aromatic heterocycles. The standard InChI is InChI=1S/C11H21NO2S/c1-4-15-10-7-5-6-9(10)12-8(2)11(13)14-3/h8-10,12H,4-7H2,1-3H3. The maximum absolute atomic E-state index is 11.3. The fourth-order valence-corrected chi connectivity index (χ4v) is 3.30. The summed E-state index contributed by atoms with van der Waals surface area (Å²) in [6.45, 7) is 4.06. The largest absolute Gasteiger partial charge is 0.468 e. The van der Waals surface area contributed by atoms with Crippen LogP contribution in [-0.4, -0.2) is 36.2 Å². The third-order valence-electron chi connectivity index (χ3n) is 2.85. The summed E-state index contributed by atoms with van der Waals surface area (Å²) in [6.07, 6.45) is 3.71. The van der Waals surface area contributed by atoms with Gasteiger partial charge in [-0.3, -0.25) is 4.79 Å². The van der Waals surface area contributed by atoms with E-state index >= 15 is 0 Å². The van der Waals surface area contributed by atoms with Crippen molar-refractivity contribution in [1.82, 2.24) is 5.32 Å². The van der Waals surface area contributed by atoms with Crippen LogP contribution in [0, 0.1) is 0 Å². The molecular formula is C11H21NO2S. The molecular weight excluding hydrogens is 210 g/mol. The summed E-state index contributed by atoms with van der Waals surface area (Å²) in [4.78, 5) is 11.3. The van der Waals surface area contributed by atoms with E-state index in [1.165, 1.54) is 26.4 Å². The third kappa shape index (κ3) is 3.68. The predicted molar refractivity (Wildman–Crippen MR) is 64.2 cm³/mol. The number of methoxy groups -OCH3 is 1. The quantitative estimate of drug-likeness (QED) is 0.732. The molecule has 1 saturated carbocycles. The third-order valence-corrected chi connectivity index (χ3v) is 4.18. The normalized spacial score (nSPS) is 27.7. The SMILES string of the molecule is CCSC1CCCC1NC(C)C(=O)OC. The zero-order valence-corrected chi connectivity index (χ0v) is 10.6. The number of hydrogen-bond acceptors (Lipinski definition) is 4. The van der Waals surface area contributed by atoms with Gasteiger partial charge in [0.15, 0.2) is 0 Å². The van der Waals surface area contributed by atoms with Crippen molar-refractivity contribution < 1.29 is 9.53 Å². The van der Waals surface area contributed by atoms with Gasteiger partial charge in [-0.05, 0) is 25.5 Å².